The molecule has 4 N–H and O–H groups in total. The molecule has 1 unspecified atom stereocenters. The van der Waals surface area contributed by atoms with E-state index >= 15 is 0 Å². The van der Waals surface area contributed by atoms with Crippen molar-refractivity contribution in [3.8, 4) is 5.75 Å². The lowest BCUT2D eigenvalue weighted by Crippen LogP contribution is -2.21. The van der Waals surface area contributed by atoms with E-state index in [1.807, 2.05) is 37.2 Å². The molecule has 0 aromatic heterocycles. The molecule has 0 amide bonds. The molecule has 0 aliphatic rings. The lowest BCUT2D eigenvalue weighted by atomic mass is 10.1. The summed E-state index contributed by atoms with van der Waals surface area (Å²) in [7, 11) is 5.61. The number of anilines is 1. The van der Waals surface area contributed by atoms with Gasteiger partial charge in [0.05, 0.1) is 7.11 Å². The van der Waals surface area contributed by atoms with E-state index in [9.17, 15) is 0 Å². The number of ether oxygens (including phenoxy) is 1. The van der Waals surface area contributed by atoms with Gasteiger partial charge < -0.3 is 21.1 Å². The predicted octanol–water partition coefficient (Wildman–Crippen LogP) is 0.720. The topological polar surface area (TPSA) is 64.5 Å². The molecule has 0 aliphatic heterocycles. The molecule has 1 aromatic rings. The van der Waals surface area contributed by atoms with Gasteiger partial charge in [0.1, 0.15) is 5.75 Å². The van der Waals surface area contributed by atoms with E-state index in [0.717, 1.165) is 17.0 Å². The maximum atomic E-state index is 5.88. The number of hydrogen-bond donors (Lipinski definition) is 2. The van der Waals surface area contributed by atoms with E-state index in [2.05, 4.69) is 0 Å². The summed E-state index contributed by atoms with van der Waals surface area (Å²) < 4.78 is 5.30. The van der Waals surface area contributed by atoms with Gasteiger partial charge in [-0.15, -0.1) is 0 Å². The minimum Gasteiger partial charge on any atom is -0.496 e. The zero-order valence-electron chi connectivity index (χ0n) is 9.53. The molecule has 0 heterocycles. The molecule has 4 heteroatoms. The van der Waals surface area contributed by atoms with Crippen LogP contribution in [0.1, 0.15) is 11.6 Å². The van der Waals surface area contributed by atoms with Gasteiger partial charge in [0.2, 0.25) is 0 Å². The molecule has 0 saturated carbocycles. The first-order chi connectivity index (χ1) is 7.10. The molecule has 1 rings (SSSR count). The minimum atomic E-state index is -0.170. The third kappa shape index (κ3) is 2.61. The van der Waals surface area contributed by atoms with Gasteiger partial charge in [-0.3, -0.25) is 0 Å². The first-order valence-electron chi connectivity index (χ1n) is 4.91. The second-order valence-corrected chi connectivity index (χ2v) is 3.66. The molecule has 0 fully saturated rings. The fraction of sp³-hybridized carbons (Fsp3) is 0.455. The van der Waals surface area contributed by atoms with Crippen LogP contribution in [0.2, 0.25) is 0 Å². The third-order valence-corrected chi connectivity index (χ3v) is 2.39. The van der Waals surface area contributed by atoms with Gasteiger partial charge in [0, 0.05) is 44.0 Å². The average Bonchev–Trinajstić information content (AvgIpc) is 2.27. The van der Waals surface area contributed by atoms with Crippen molar-refractivity contribution in [3.05, 3.63) is 23.8 Å². The van der Waals surface area contributed by atoms with Crippen molar-refractivity contribution in [2.24, 2.45) is 11.5 Å². The molecule has 1 atom stereocenters. The van der Waals surface area contributed by atoms with Crippen LogP contribution in [0.15, 0.2) is 18.2 Å². The Balaban J connectivity index is 3.09. The predicted molar refractivity (Wildman–Crippen MR) is 63.3 cm³/mol. The van der Waals surface area contributed by atoms with Gasteiger partial charge in [-0.2, -0.15) is 0 Å². The van der Waals surface area contributed by atoms with Crippen LogP contribution >= 0.6 is 0 Å². The van der Waals surface area contributed by atoms with E-state index in [1.54, 1.807) is 7.11 Å². The van der Waals surface area contributed by atoms with Gasteiger partial charge in [-0.05, 0) is 6.07 Å². The summed E-state index contributed by atoms with van der Waals surface area (Å²) in [5.41, 5.74) is 13.4. The summed E-state index contributed by atoms with van der Waals surface area (Å²) in [6, 6.07) is 5.76. The smallest absolute Gasteiger partial charge is 0.125 e. The summed E-state index contributed by atoms with van der Waals surface area (Å²) in [6.45, 7) is 0.414. The molecule has 0 spiro atoms. The summed E-state index contributed by atoms with van der Waals surface area (Å²) in [4.78, 5) is 2.01. The number of rotatable bonds is 4. The van der Waals surface area contributed by atoms with Crippen molar-refractivity contribution < 1.29 is 4.74 Å². The highest BCUT2D eigenvalue weighted by molar-refractivity contribution is 5.53. The molecule has 0 saturated heterocycles. The van der Waals surface area contributed by atoms with Crippen molar-refractivity contribution in [2.75, 3.05) is 32.6 Å². The number of methoxy groups -OCH3 is 1. The second kappa shape index (κ2) is 5.00. The molecular weight excluding hydrogens is 190 g/mol. The average molecular weight is 209 g/mol. The molecule has 4 nitrogen and oxygen atoms in total. The van der Waals surface area contributed by atoms with Crippen LogP contribution in [-0.4, -0.2) is 27.7 Å². The summed E-state index contributed by atoms with van der Waals surface area (Å²) in [5.74, 6) is 0.791. The molecule has 0 radical (unpaired) electrons. The lowest BCUT2D eigenvalue weighted by Gasteiger charge is -2.18. The van der Waals surface area contributed by atoms with Gasteiger partial charge in [-0.1, -0.05) is 6.07 Å². The van der Waals surface area contributed by atoms with Crippen molar-refractivity contribution >= 4 is 5.69 Å². The Morgan fingerprint density at radius 1 is 1.40 bits per heavy atom. The Bertz CT molecular complexity index is 326. The molecule has 0 bridgehead atoms. The zero-order chi connectivity index (χ0) is 11.4. The second-order valence-electron chi connectivity index (χ2n) is 3.66. The van der Waals surface area contributed by atoms with E-state index in [4.69, 9.17) is 16.2 Å². The molecule has 15 heavy (non-hydrogen) atoms. The fourth-order valence-electron chi connectivity index (χ4n) is 1.41. The number of benzene rings is 1. The lowest BCUT2D eigenvalue weighted by molar-refractivity contribution is 0.406. The minimum absolute atomic E-state index is 0.170. The standard InChI is InChI=1S/C11H19N3O/c1-14(2)8-4-5-9(10(13)7-12)11(6-8)15-3/h4-6,10H,7,12-13H2,1-3H3. The highest BCUT2D eigenvalue weighted by Gasteiger charge is 2.11. The van der Waals surface area contributed by atoms with Gasteiger partial charge in [-0.25, -0.2) is 0 Å². The number of hydrogen-bond acceptors (Lipinski definition) is 4. The van der Waals surface area contributed by atoms with Crippen LogP contribution in [0.3, 0.4) is 0 Å². The van der Waals surface area contributed by atoms with Crippen LogP contribution in [0.25, 0.3) is 0 Å². The van der Waals surface area contributed by atoms with Gasteiger partial charge in [0.25, 0.3) is 0 Å². The summed E-state index contributed by atoms with van der Waals surface area (Å²) in [5, 5.41) is 0. The summed E-state index contributed by atoms with van der Waals surface area (Å²) in [6.07, 6.45) is 0. The van der Waals surface area contributed by atoms with Crippen LogP contribution in [0.5, 0.6) is 5.75 Å². The highest BCUT2D eigenvalue weighted by Crippen LogP contribution is 2.27. The Hall–Kier alpha value is -1.26. The third-order valence-electron chi connectivity index (χ3n) is 2.39. The normalized spacial score (nSPS) is 12.3. The number of nitrogens with zero attached hydrogens (tertiary/aromatic N) is 1. The Labute approximate surface area is 90.8 Å². The Morgan fingerprint density at radius 2 is 2.07 bits per heavy atom. The first kappa shape index (κ1) is 11.8. The molecular formula is C11H19N3O. The summed E-state index contributed by atoms with van der Waals surface area (Å²) >= 11 is 0. The SMILES string of the molecule is COc1cc(N(C)C)ccc1C(N)CN. The van der Waals surface area contributed by atoms with Gasteiger partial charge >= 0.3 is 0 Å². The monoisotopic (exact) mass is 209 g/mol. The van der Waals surface area contributed by atoms with E-state index in [1.165, 1.54) is 0 Å². The molecule has 84 valence electrons. The Morgan fingerprint density at radius 3 is 2.53 bits per heavy atom. The van der Waals surface area contributed by atoms with Crippen molar-refractivity contribution in [3.63, 3.8) is 0 Å². The maximum absolute atomic E-state index is 5.88. The zero-order valence-corrected chi connectivity index (χ0v) is 9.53. The quantitative estimate of drug-likeness (QED) is 0.767. The van der Waals surface area contributed by atoms with E-state index in [-0.39, 0.29) is 6.04 Å². The van der Waals surface area contributed by atoms with Gasteiger partial charge in [0.15, 0.2) is 0 Å². The van der Waals surface area contributed by atoms with E-state index in [0.29, 0.717) is 6.54 Å². The molecule has 1 aromatic carbocycles. The van der Waals surface area contributed by atoms with Crippen LogP contribution < -0.4 is 21.1 Å². The van der Waals surface area contributed by atoms with Crippen LogP contribution in [0, 0.1) is 0 Å². The Kier molecular flexibility index (Phi) is 3.94. The van der Waals surface area contributed by atoms with Crippen molar-refractivity contribution in [1.29, 1.82) is 0 Å². The van der Waals surface area contributed by atoms with Crippen LogP contribution in [0.4, 0.5) is 5.69 Å². The maximum Gasteiger partial charge on any atom is 0.125 e. The van der Waals surface area contributed by atoms with Crippen molar-refractivity contribution in [2.45, 2.75) is 6.04 Å². The van der Waals surface area contributed by atoms with E-state index < -0.39 is 0 Å². The largest absolute Gasteiger partial charge is 0.496 e. The molecule has 0 aliphatic carbocycles. The van der Waals surface area contributed by atoms with Crippen molar-refractivity contribution in [1.82, 2.24) is 0 Å². The highest BCUT2D eigenvalue weighted by atomic mass is 16.5. The number of nitrogens with two attached hydrogens (primary N) is 2. The fourth-order valence-corrected chi connectivity index (χ4v) is 1.41. The first-order valence-corrected chi connectivity index (χ1v) is 4.91. The van der Waals surface area contributed by atoms with Crippen LogP contribution in [-0.2, 0) is 0 Å².